The van der Waals surface area contributed by atoms with Crippen molar-refractivity contribution in [2.75, 3.05) is 7.11 Å². The van der Waals surface area contributed by atoms with Crippen molar-refractivity contribution in [1.29, 1.82) is 0 Å². The first-order valence-electron chi connectivity index (χ1n) is 7.88. The number of hydrogen-bond acceptors (Lipinski definition) is 5. The fourth-order valence-electron chi connectivity index (χ4n) is 3.04. The molecule has 5 nitrogen and oxygen atoms in total. The van der Waals surface area contributed by atoms with Crippen molar-refractivity contribution in [3.8, 4) is 11.4 Å². The lowest BCUT2D eigenvalue weighted by Gasteiger charge is -2.23. The van der Waals surface area contributed by atoms with Crippen molar-refractivity contribution in [2.45, 2.75) is 44.8 Å². The van der Waals surface area contributed by atoms with Crippen LogP contribution in [-0.2, 0) is 11.3 Å². The van der Waals surface area contributed by atoms with Crippen LogP contribution in [0.1, 0.15) is 49.7 Å². The lowest BCUT2D eigenvalue weighted by Crippen LogP contribution is -2.16. The monoisotopic (exact) mass is 302 g/mol. The summed E-state index contributed by atoms with van der Waals surface area (Å²) in [7, 11) is 1.67. The Labute approximate surface area is 130 Å². The van der Waals surface area contributed by atoms with Gasteiger partial charge in [-0.3, -0.25) is 0 Å². The maximum Gasteiger partial charge on any atom is 0.256 e. The highest BCUT2D eigenvalue weighted by Gasteiger charge is 2.27. The first kappa shape index (κ1) is 15.2. The van der Waals surface area contributed by atoms with Crippen LogP contribution >= 0.6 is 0 Å². The van der Waals surface area contributed by atoms with E-state index < -0.39 is 6.10 Å². The molecule has 118 valence electrons. The van der Waals surface area contributed by atoms with E-state index in [2.05, 4.69) is 10.1 Å². The summed E-state index contributed by atoms with van der Waals surface area (Å²) in [4.78, 5) is 4.37. The number of ether oxygens (including phenoxy) is 1. The van der Waals surface area contributed by atoms with Gasteiger partial charge in [0.15, 0.2) is 0 Å². The molecule has 0 radical (unpaired) electrons. The van der Waals surface area contributed by atoms with E-state index in [-0.39, 0.29) is 5.92 Å². The Balaban J connectivity index is 1.72. The van der Waals surface area contributed by atoms with Crippen molar-refractivity contribution >= 4 is 0 Å². The number of nitrogens with zero attached hydrogens (tertiary/aromatic N) is 2. The van der Waals surface area contributed by atoms with Crippen LogP contribution in [0.2, 0.25) is 0 Å². The molecular weight excluding hydrogens is 280 g/mol. The van der Waals surface area contributed by atoms with E-state index in [0.29, 0.717) is 18.3 Å². The first-order chi connectivity index (χ1) is 10.8. The van der Waals surface area contributed by atoms with Gasteiger partial charge < -0.3 is 14.4 Å². The molecule has 0 aliphatic heterocycles. The Kier molecular flexibility index (Phi) is 4.85. The van der Waals surface area contributed by atoms with Crippen LogP contribution < -0.4 is 0 Å². The first-order valence-corrected chi connectivity index (χ1v) is 7.88. The zero-order chi connectivity index (χ0) is 15.4. The Morgan fingerprint density at radius 2 is 1.95 bits per heavy atom. The molecule has 0 bridgehead atoms. The molecule has 0 saturated heterocycles. The van der Waals surface area contributed by atoms with E-state index in [4.69, 9.17) is 9.26 Å². The predicted octanol–water partition coefficient (Wildman–Crippen LogP) is 3.50. The van der Waals surface area contributed by atoms with E-state index >= 15 is 0 Å². The van der Waals surface area contributed by atoms with Gasteiger partial charge in [-0.1, -0.05) is 48.7 Å². The highest BCUT2D eigenvalue weighted by molar-refractivity contribution is 5.54. The molecule has 0 amide bonds. The molecule has 2 aromatic rings. The highest BCUT2D eigenvalue weighted by atomic mass is 16.5. The fourth-order valence-corrected chi connectivity index (χ4v) is 3.04. The van der Waals surface area contributed by atoms with E-state index in [1.54, 1.807) is 7.11 Å². The molecular formula is C17H22N2O3. The molecule has 1 saturated carbocycles. The number of aromatic nitrogens is 2. The Bertz CT molecular complexity index is 588. The van der Waals surface area contributed by atoms with E-state index in [1.165, 1.54) is 19.3 Å². The molecule has 0 spiro atoms. The average molecular weight is 302 g/mol. The minimum atomic E-state index is -0.644. The van der Waals surface area contributed by atoms with Gasteiger partial charge in [0.05, 0.1) is 6.61 Å². The van der Waals surface area contributed by atoms with Gasteiger partial charge in [0, 0.05) is 12.7 Å². The summed E-state index contributed by atoms with van der Waals surface area (Å²) in [6, 6.07) is 7.84. The molecule has 1 aliphatic rings. The van der Waals surface area contributed by atoms with Crippen molar-refractivity contribution < 1.29 is 14.4 Å². The minimum Gasteiger partial charge on any atom is -0.383 e. The van der Waals surface area contributed by atoms with Crippen molar-refractivity contribution in [3.63, 3.8) is 0 Å². The van der Waals surface area contributed by atoms with Crippen LogP contribution in [0.3, 0.4) is 0 Å². The quantitative estimate of drug-likeness (QED) is 0.915. The smallest absolute Gasteiger partial charge is 0.256 e. The Morgan fingerprint density at radius 1 is 1.23 bits per heavy atom. The lowest BCUT2D eigenvalue weighted by molar-refractivity contribution is 0.0552. The van der Waals surface area contributed by atoms with Crippen LogP contribution in [0.5, 0.6) is 0 Å². The molecule has 1 heterocycles. The third-order valence-corrected chi connectivity index (χ3v) is 4.31. The maximum absolute atomic E-state index is 10.4. The Morgan fingerprint density at radius 3 is 2.64 bits per heavy atom. The number of methoxy groups -OCH3 is 1. The number of benzene rings is 1. The van der Waals surface area contributed by atoms with E-state index in [0.717, 1.165) is 24.0 Å². The highest BCUT2D eigenvalue weighted by Crippen LogP contribution is 2.34. The predicted molar refractivity (Wildman–Crippen MR) is 82.0 cm³/mol. The summed E-state index contributed by atoms with van der Waals surface area (Å²) in [6.45, 7) is 0.582. The summed E-state index contributed by atoms with van der Waals surface area (Å²) < 4.78 is 10.4. The zero-order valence-corrected chi connectivity index (χ0v) is 12.9. The number of aliphatic hydroxyl groups excluding tert-OH is 1. The standard InChI is InChI=1S/C17H22N2O3/c1-21-11-12-7-9-14(10-8-12)16-18-17(22-19-16)15(20)13-5-3-2-4-6-13/h7-10,13,15,20H,2-6,11H2,1H3. The second kappa shape index (κ2) is 7.03. The molecule has 1 fully saturated rings. The van der Waals surface area contributed by atoms with Crippen LogP contribution in [-0.4, -0.2) is 22.4 Å². The summed E-state index contributed by atoms with van der Waals surface area (Å²) in [6.07, 6.45) is 5.02. The number of aliphatic hydroxyl groups is 1. The van der Waals surface area contributed by atoms with E-state index in [1.807, 2.05) is 24.3 Å². The molecule has 1 aromatic carbocycles. The lowest BCUT2D eigenvalue weighted by atomic mass is 9.85. The molecule has 5 heteroatoms. The van der Waals surface area contributed by atoms with Gasteiger partial charge in [0.2, 0.25) is 5.82 Å². The zero-order valence-electron chi connectivity index (χ0n) is 12.9. The molecule has 1 N–H and O–H groups in total. The molecule has 1 aliphatic carbocycles. The van der Waals surface area contributed by atoms with Crippen LogP contribution in [0.25, 0.3) is 11.4 Å². The number of rotatable bonds is 5. The summed E-state index contributed by atoms with van der Waals surface area (Å²) in [5.74, 6) is 1.10. The average Bonchev–Trinajstić information content (AvgIpc) is 3.06. The van der Waals surface area contributed by atoms with Gasteiger partial charge in [-0.05, 0) is 24.3 Å². The van der Waals surface area contributed by atoms with E-state index in [9.17, 15) is 5.11 Å². The third-order valence-electron chi connectivity index (χ3n) is 4.31. The molecule has 1 unspecified atom stereocenters. The normalized spacial score (nSPS) is 17.5. The van der Waals surface area contributed by atoms with Crippen molar-refractivity contribution in [2.24, 2.45) is 5.92 Å². The molecule has 22 heavy (non-hydrogen) atoms. The van der Waals surface area contributed by atoms with Gasteiger partial charge >= 0.3 is 0 Å². The topological polar surface area (TPSA) is 68.4 Å². The van der Waals surface area contributed by atoms with Gasteiger partial charge in [-0.2, -0.15) is 4.98 Å². The SMILES string of the molecule is COCc1ccc(-c2noc(C(O)C3CCCCC3)n2)cc1. The second-order valence-electron chi connectivity index (χ2n) is 5.93. The summed E-state index contributed by atoms with van der Waals surface area (Å²) in [5, 5.41) is 14.4. The molecule has 1 atom stereocenters. The van der Waals surface area contributed by atoms with Crippen LogP contribution in [0.4, 0.5) is 0 Å². The second-order valence-corrected chi connectivity index (χ2v) is 5.93. The van der Waals surface area contributed by atoms with Crippen LogP contribution in [0.15, 0.2) is 28.8 Å². The van der Waals surface area contributed by atoms with Crippen LogP contribution in [0, 0.1) is 5.92 Å². The molecule has 1 aromatic heterocycles. The van der Waals surface area contributed by atoms with Crippen molar-refractivity contribution in [1.82, 2.24) is 10.1 Å². The van der Waals surface area contributed by atoms with Gasteiger partial charge in [0.25, 0.3) is 5.89 Å². The number of hydrogen-bond donors (Lipinski definition) is 1. The van der Waals surface area contributed by atoms with Gasteiger partial charge in [-0.25, -0.2) is 0 Å². The van der Waals surface area contributed by atoms with Gasteiger partial charge in [0.1, 0.15) is 6.10 Å². The fraction of sp³-hybridized carbons (Fsp3) is 0.529. The summed E-state index contributed by atoms with van der Waals surface area (Å²) in [5.41, 5.74) is 1.97. The van der Waals surface area contributed by atoms with Crippen molar-refractivity contribution in [3.05, 3.63) is 35.7 Å². The largest absolute Gasteiger partial charge is 0.383 e. The van der Waals surface area contributed by atoms with Gasteiger partial charge in [-0.15, -0.1) is 0 Å². The summed E-state index contributed by atoms with van der Waals surface area (Å²) >= 11 is 0. The maximum atomic E-state index is 10.4. The minimum absolute atomic E-state index is 0.242. The molecule has 3 rings (SSSR count). The Hall–Kier alpha value is -1.72. The third kappa shape index (κ3) is 3.36.